The van der Waals surface area contributed by atoms with E-state index in [9.17, 15) is 19.1 Å². The number of carbonyl (C=O) groups is 2. The molecule has 3 aromatic rings. The maximum Gasteiger partial charge on any atom is 0.346 e. The number of carbonyl (C=O) groups excluding carboxylic acids is 1. The first-order valence-corrected chi connectivity index (χ1v) is 10.4. The molecule has 154 valence electrons. The number of carboxylic acids is 1. The molecule has 0 bridgehead atoms. The van der Waals surface area contributed by atoms with Crippen LogP contribution >= 0.6 is 11.3 Å². The van der Waals surface area contributed by atoms with Gasteiger partial charge in [-0.2, -0.15) is 0 Å². The van der Waals surface area contributed by atoms with Crippen LogP contribution in [0.5, 0.6) is 5.75 Å². The number of carboxylic acid groups (broad SMARTS) is 1. The molecule has 7 heteroatoms. The molecule has 4 rings (SSSR count). The molecule has 0 fully saturated rings. The van der Waals surface area contributed by atoms with E-state index in [1.54, 1.807) is 0 Å². The van der Waals surface area contributed by atoms with Crippen LogP contribution in [-0.4, -0.2) is 23.1 Å². The zero-order chi connectivity index (χ0) is 21.4. The van der Waals surface area contributed by atoms with E-state index in [0.717, 1.165) is 27.5 Å². The standard InChI is InChI=1S/C23H20FNO4S/c1-12(2)29-16-9-5-13(6-10-16)17-11-18(26)25-20-19(14-3-7-15(24)8-4-14)22(23(27)28)30-21(17)20/h3-10,12,17H,11H2,1-2H3,(H,25,26)(H,27,28). The van der Waals surface area contributed by atoms with Crippen LogP contribution in [0.25, 0.3) is 11.1 Å². The minimum absolute atomic E-state index is 0.0524. The average Bonchev–Trinajstić information content (AvgIpc) is 3.08. The molecule has 30 heavy (non-hydrogen) atoms. The number of amides is 1. The first-order chi connectivity index (χ1) is 14.3. The largest absolute Gasteiger partial charge is 0.491 e. The lowest BCUT2D eigenvalue weighted by Crippen LogP contribution is -2.22. The summed E-state index contributed by atoms with van der Waals surface area (Å²) < 4.78 is 19.1. The van der Waals surface area contributed by atoms with Gasteiger partial charge >= 0.3 is 5.97 Å². The Balaban J connectivity index is 1.81. The number of hydrogen-bond donors (Lipinski definition) is 2. The molecule has 2 N–H and O–H groups in total. The number of thiophene rings is 1. The Kier molecular flexibility index (Phi) is 5.30. The van der Waals surface area contributed by atoms with Gasteiger partial charge in [-0.1, -0.05) is 24.3 Å². The summed E-state index contributed by atoms with van der Waals surface area (Å²) in [5.74, 6) is -1.21. The number of rotatable bonds is 5. The Morgan fingerprint density at radius 1 is 1.17 bits per heavy atom. The van der Waals surface area contributed by atoms with Crippen LogP contribution in [0.4, 0.5) is 10.1 Å². The number of halogens is 1. The van der Waals surface area contributed by atoms with Crippen LogP contribution in [0.15, 0.2) is 48.5 Å². The van der Waals surface area contributed by atoms with Crippen LogP contribution < -0.4 is 10.1 Å². The molecule has 1 aliphatic heterocycles. The summed E-state index contributed by atoms with van der Waals surface area (Å²) in [6, 6.07) is 13.1. The maximum absolute atomic E-state index is 13.4. The first kappa shape index (κ1) is 20.1. The molecule has 2 aromatic carbocycles. The van der Waals surface area contributed by atoms with Crippen molar-refractivity contribution in [3.05, 3.63) is 69.7 Å². The molecule has 0 spiro atoms. The number of nitrogens with one attached hydrogen (secondary N) is 1. The summed E-state index contributed by atoms with van der Waals surface area (Å²) in [6.07, 6.45) is 0.274. The maximum atomic E-state index is 13.4. The highest BCUT2D eigenvalue weighted by molar-refractivity contribution is 7.15. The van der Waals surface area contributed by atoms with E-state index in [1.165, 1.54) is 24.3 Å². The predicted molar refractivity (Wildman–Crippen MR) is 114 cm³/mol. The van der Waals surface area contributed by atoms with Gasteiger partial charge in [0.2, 0.25) is 5.91 Å². The predicted octanol–water partition coefficient (Wildman–Crippen LogP) is 5.51. The molecule has 1 aliphatic rings. The van der Waals surface area contributed by atoms with Crippen LogP contribution in [0.3, 0.4) is 0 Å². The number of ether oxygens (including phenoxy) is 1. The van der Waals surface area contributed by atoms with E-state index < -0.39 is 11.8 Å². The van der Waals surface area contributed by atoms with Crippen LogP contribution in [0, 0.1) is 5.82 Å². The minimum Gasteiger partial charge on any atom is -0.491 e. The zero-order valence-corrected chi connectivity index (χ0v) is 17.3. The fourth-order valence-electron chi connectivity index (χ4n) is 3.65. The second kappa shape index (κ2) is 7.91. The summed E-state index contributed by atoms with van der Waals surface area (Å²) in [6.45, 7) is 3.89. The molecular weight excluding hydrogens is 405 g/mol. The molecule has 0 aliphatic carbocycles. The van der Waals surface area contributed by atoms with Gasteiger partial charge in [0, 0.05) is 22.8 Å². The van der Waals surface area contributed by atoms with E-state index >= 15 is 0 Å². The molecule has 0 saturated carbocycles. The SMILES string of the molecule is CC(C)Oc1ccc(C2CC(=O)Nc3c2sc(C(=O)O)c3-c2ccc(F)cc2)cc1. The number of benzene rings is 2. The van der Waals surface area contributed by atoms with Gasteiger partial charge in [-0.3, -0.25) is 4.79 Å². The Labute approximate surface area is 177 Å². The zero-order valence-electron chi connectivity index (χ0n) is 16.4. The molecular formula is C23H20FNO4S. The van der Waals surface area contributed by atoms with Crippen molar-refractivity contribution in [2.75, 3.05) is 5.32 Å². The van der Waals surface area contributed by atoms with Gasteiger partial charge in [-0.25, -0.2) is 9.18 Å². The fourth-order valence-corrected chi connectivity index (χ4v) is 4.90. The van der Waals surface area contributed by atoms with Gasteiger partial charge in [0.1, 0.15) is 16.4 Å². The lowest BCUT2D eigenvalue weighted by molar-refractivity contribution is -0.116. The Morgan fingerprint density at radius 2 is 1.83 bits per heavy atom. The second-order valence-corrected chi connectivity index (χ2v) is 8.45. The van der Waals surface area contributed by atoms with Gasteiger partial charge in [0.25, 0.3) is 0 Å². The van der Waals surface area contributed by atoms with Crippen LogP contribution in [-0.2, 0) is 4.79 Å². The van der Waals surface area contributed by atoms with Crippen molar-refractivity contribution in [1.29, 1.82) is 0 Å². The molecule has 5 nitrogen and oxygen atoms in total. The van der Waals surface area contributed by atoms with Crippen molar-refractivity contribution >= 4 is 28.9 Å². The normalized spacial score (nSPS) is 15.6. The number of aromatic carboxylic acids is 1. The fraction of sp³-hybridized carbons (Fsp3) is 0.217. The molecule has 1 unspecified atom stereocenters. The topological polar surface area (TPSA) is 75.6 Å². The number of hydrogen-bond acceptors (Lipinski definition) is 4. The summed E-state index contributed by atoms with van der Waals surface area (Å²) in [5.41, 5.74) is 2.37. The van der Waals surface area contributed by atoms with Gasteiger partial charge in [-0.05, 0) is 49.2 Å². The summed E-state index contributed by atoms with van der Waals surface area (Å²) >= 11 is 1.15. The summed E-state index contributed by atoms with van der Waals surface area (Å²) in [5, 5.41) is 12.6. The number of fused-ring (bicyclic) bond motifs is 1. The molecule has 2 heterocycles. The molecule has 0 radical (unpaired) electrons. The third-order valence-corrected chi connectivity index (χ3v) is 6.18. The van der Waals surface area contributed by atoms with E-state index in [-0.39, 0.29) is 29.2 Å². The highest BCUT2D eigenvalue weighted by atomic mass is 32.1. The Morgan fingerprint density at radius 3 is 2.43 bits per heavy atom. The lowest BCUT2D eigenvalue weighted by atomic mass is 9.88. The minimum atomic E-state index is -1.08. The first-order valence-electron chi connectivity index (χ1n) is 9.56. The van der Waals surface area contributed by atoms with E-state index in [2.05, 4.69) is 5.32 Å². The molecule has 1 atom stereocenters. The summed E-state index contributed by atoms with van der Waals surface area (Å²) in [7, 11) is 0. The monoisotopic (exact) mass is 425 g/mol. The Bertz CT molecular complexity index is 1100. The van der Waals surface area contributed by atoms with Crippen molar-refractivity contribution in [2.45, 2.75) is 32.3 Å². The molecule has 1 aromatic heterocycles. The van der Waals surface area contributed by atoms with E-state index in [0.29, 0.717) is 16.8 Å². The van der Waals surface area contributed by atoms with Gasteiger partial charge in [-0.15, -0.1) is 11.3 Å². The van der Waals surface area contributed by atoms with E-state index in [4.69, 9.17) is 4.74 Å². The average molecular weight is 425 g/mol. The quantitative estimate of drug-likeness (QED) is 0.565. The van der Waals surface area contributed by atoms with E-state index in [1.807, 2.05) is 38.1 Å². The highest BCUT2D eigenvalue weighted by Crippen LogP contribution is 2.49. The Hall–Kier alpha value is -3.19. The van der Waals surface area contributed by atoms with Gasteiger partial charge < -0.3 is 15.2 Å². The third kappa shape index (κ3) is 3.80. The highest BCUT2D eigenvalue weighted by Gasteiger charge is 2.34. The second-order valence-electron chi connectivity index (χ2n) is 7.40. The van der Waals surface area contributed by atoms with Gasteiger partial charge in [0.05, 0.1) is 11.8 Å². The molecule has 0 saturated heterocycles. The molecule has 1 amide bonds. The van der Waals surface area contributed by atoms with Crippen molar-refractivity contribution in [3.63, 3.8) is 0 Å². The smallest absolute Gasteiger partial charge is 0.346 e. The van der Waals surface area contributed by atoms with Crippen molar-refractivity contribution in [3.8, 4) is 16.9 Å². The number of anilines is 1. The van der Waals surface area contributed by atoms with Crippen molar-refractivity contribution in [2.24, 2.45) is 0 Å². The van der Waals surface area contributed by atoms with Crippen LogP contribution in [0.1, 0.15) is 46.3 Å². The van der Waals surface area contributed by atoms with Crippen molar-refractivity contribution in [1.82, 2.24) is 0 Å². The summed E-state index contributed by atoms with van der Waals surface area (Å²) in [4.78, 5) is 25.4. The van der Waals surface area contributed by atoms with Crippen molar-refractivity contribution < 1.29 is 23.8 Å². The van der Waals surface area contributed by atoms with Crippen LogP contribution in [0.2, 0.25) is 0 Å². The van der Waals surface area contributed by atoms with Gasteiger partial charge in [0.15, 0.2) is 0 Å². The lowest BCUT2D eigenvalue weighted by Gasteiger charge is -2.24. The third-order valence-electron chi connectivity index (χ3n) is 4.89.